The van der Waals surface area contributed by atoms with Crippen molar-refractivity contribution in [3.8, 4) is 22.6 Å². The van der Waals surface area contributed by atoms with Crippen LogP contribution in [0.1, 0.15) is 16.8 Å². The number of nitrogens with zero attached hydrogens (tertiary/aromatic N) is 3. The van der Waals surface area contributed by atoms with E-state index in [0.29, 0.717) is 0 Å². The molecule has 0 saturated heterocycles. The molecule has 0 saturated carbocycles. The maximum Gasteiger partial charge on any atom is 0.0777 e. The van der Waals surface area contributed by atoms with E-state index in [1.165, 1.54) is 16.6 Å². The second-order valence-corrected chi connectivity index (χ2v) is 7.83. The summed E-state index contributed by atoms with van der Waals surface area (Å²) in [5, 5.41) is 0. The van der Waals surface area contributed by atoms with Gasteiger partial charge in [-0.25, -0.2) is 0 Å². The molecule has 0 atom stereocenters. The molecule has 4 heteroatoms. The summed E-state index contributed by atoms with van der Waals surface area (Å²) in [5.41, 5.74) is 9.03. The predicted octanol–water partition coefficient (Wildman–Crippen LogP) is 6.69. The van der Waals surface area contributed by atoms with E-state index in [1.54, 1.807) is 0 Å². The summed E-state index contributed by atoms with van der Waals surface area (Å²) in [5.74, 6) is 1.01. The minimum absolute atomic E-state index is 0. The molecule has 0 fully saturated rings. The molecule has 3 aromatic carbocycles. The minimum atomic E-state index is 0. The minimum Gasteiger partial charge on any atom is -0.360 e. The first-order valence-corrected chi connectivity index (χ1v) is 10.7. The van der Waals surface area contributed by atoms with Crippen molar-refractivity contribution in [2.24, 2.45) is 0 Å². The average Bonchev–Trinajstić information content (AvgIpc) is 3.23. The molecule has 3 nitrogen and oxygen atoms in total. The van der Waals surface area contributed by atoms with Gasteiger partial charge in [0, 0.05) is 37.9 Å². The zero-order chi connectivity index (χ0) is 21.9. The second kappa shape index (κ2) is 10.1. The molecule has 0 unspecified atom stereocenters. The molecular formula is C29H23IrN3-2. The van der Waals surface area contributed by atoms with Crippen molar-refractivity contribution in [3.63, 3.8) is 0 Å². The van der Waals surface area contributed by atoms with Crippen LogP contribution >= 0.6 is 0 Å². The van der Waals surface area contributed by atoms with Crippen LogP contribution in [0.3, 0.4) is 0 Å². The first kappa shape index (κ1) is 22.8. The van der Waals surface area contributed by atoms with Gasteiger partial charge < -0.3 is 9.55 Å². The second-order valence-electron chi connectivity index (χ2n) is 7.83. The Bertz CT molecular complexity index is 1400. The van der Waals surface area contributed by atoms with Crippen molar-refractivity contribution < 1.29 is 20.1 Å². The molecule has 2 aromatic heterocycles. The van der Waals surface area contributed by atoms with Gasteiger partial charge in [-0.05, 0) is 37.2 Å². The van der Waals surface area contributed by atoms with Crippen molar-refractivity contribution >= 4 is 17.1 Å². The van der Waals surface area contributed by atoms with Gasteiger partial charge in [0.15, 0.2) is 0 Å². The summed E-state index contributed by atoms with van der Waals surface area (Å²) < 4.78 is 2.28. The average molecular weight is 606 g/mol. The molecule has 165 valence electrons. The number of aryl methyl sites for hydroxylation is 2. The van der Waals surface area contributed by atoms with E-state index in [9.17, 15) is 0 Å². The molecule has 3 heterocycles. The van der Waals surface area contributed by atoms with Crippen LogP contribution < -0.4 is 0 Å². The van der Waals surface area contributed by atoms with Crippen LogP contribution in [-0.2, 0) is 26.7 Å². The van der Waals surface area contributed by atoms with E-state index in [-0.39, 0.29) is 20.1 Å². The Balaban J connectivity index is 0.000000164. The Morgan fingerprint density at radius 1 is 0.788 bits per heavy atom. The zero-order valence-electron chi connectivity index (χ0n) is 18.5. The van der Waals surface area contributed by atoms with Crippen molar-refractivity contribution in [3.05, 3.63) is 114 Å². The zero-order valence-corrected chi connectivity index (χ0v) is 20.9. The number of allylic oxidation sites excluding steroid dienone is 1. The summed E-state index contributed by atoms with van der Waals surface area (Å²) in [7, 11) is 0. The smallest absolute Gasteiger partial charge is 0.0777 e. The van der Waals surface area contributed by atoms with Gasteiger partial charge in [-0.15, -0.1) is 71.8 Å². The molecule has 33 heavy (non-hydrogen) atoms. The standard InChI is InChI=1S/C17H13N2.C12H10N.Ir/c1-12-9-10-15-16-14(12)8-5-11-19(16)17(18-15)13-6-3-2-4-7-13;1-10-6-5-9-12(13-10)11-7-3-2-4-8-11;/h2-6,8-10H,11H2,1H3;2-7,9H,1H3;/q2*-1;. The van der Waals surface area contributed by atoms with Crippen LogP contribution in [0, 0.1) is 26.0 Å². The molecule has 0 aliphatic carbocycles. The fourth-order valence-corrected chi connectivity index (χ4v) is 4.00. The molecule has 0 bridgehead atoms. The van der Waals surface area contributed by atoms with E-state index >= 15 is 0 Å². The Morgan fingerprint density at radius 2 is 1.55 bits per heavy atom. The molecule has 1 aliphatic rings. The van der Waals surface area contributed by atoms with E-state index in [2.05, 4.69) is 59.0 Å². The fraction of sp³-hybridized carbons (Fsp3) is 0.103. The Hall–Kier alpha value is -3.33. The van der Waals surface area contributed by atoms with Crippen LogP contribution in [0.5, 0.6) is 0 Å². The van der Waals surface area contributed by atoms with Crippen LogP contribution in [0.2, 0.25) is 0 Å². The number of benzene rings is 3. The summed E-state index contributed by atoms with van der Waals surface area (Å²) in [4.78, 5) is 9.20. The van der Waals surface area contributed by atoms with Crippen molar-refractivity contribution in [1.29, 1.82) is 0 Å². The van der Waals surface area contributed by atoms with Gasteiger partial charge in [-0.1, -0.05) is 30.4 Å². The molecule has 1 radical (unpaired) electrons. The third kappa shape index (κ3) is 4.73. The van der Waals surface area contributed by atoms with Crippen LogP contribution in [0.4, 0.5) is 0 Å². The van der Waals surface area contributed by atoms with Crippen LogP contribution in [-0.4, -0.2) is 14.5 Å². The molecule has 0 spiro atoms. The first-order valence-electron chi connectivity index (χ1n) is 10.7. The molecule has 5 aromatic rings. The van der Waals surface area contributed by atoms with Crippen LogP contribution in [0.15, 0.2) is 84.9 Å². The number of hydrogen-bond acceptors (Lipinski definition) is 2. The van der Waals surface area contributed by atoms with Crippen molar-refractivity contribution in [2.45, 2.75) is 20.4 Å². The molecule has 0 amide bonds. The van der Waals surface area contributed by atoms with Gasteiger partial charge >= 0.3 is 0 Å². The van der Waals surface area contributed by atoms with Gasteiger partial charge in [0.1, 0.15) is 0 Å². The maximum absolute atomic E-state index is 4.79. The third-order valence-corrected chi connectivity index (χ3v) is 5.56. The van der Waals surface area contributed by atoms with Crippen molar-refractivity contribution in [1.82, 2.24) is 14.5 Å². The van der Waals surface area contributed by atoms with Gasteiger partial charge in [-0.3, -0.25) is 4.98 Å². The largest absolute Gasteiger partial charge is 0.360 e. The molecule has 1 aliphatic heterocycles. The summed E-state index contributed by atoms with van der Waals surface area (Å²) in [6, 6.07) is 32.6. The Morgan fingerprint density at radius 3 is 2.24 bits per heavy atom. The van der Waals surface area contributed by atoms with E-state index in [4.69, 9.17) is 4.98 Å². The number of pyridine rings is 1. The normalized spacial score (nSPS) is 11.5. The molecule has 6 rings (SSSR count). The van der Waals surface area contributed by atoms with Gasteiger partial charge in [0.05, 0.1) is 16.9 Å². The maximum atomic E-state index is 4.79. The topological polar surface area (TPSA) is 30.7 Å². The summed E-state index contributed by atoms with van der Waals surface area (Å²) in [6.07, 6.45) is 4.40. The van der Waals surface area contributed by atoms with Gasteiger partial charge in [-0.2, -0.15) is 0 Å². The monoisotopic (exact) mass is 606 g/mol. The Labute approximate surface area is 208 Å². The first-order chi connectivity index (χ1) is 15.7. The molecule has 0 N–H and O–H groups in total. The number of rotatable bonds is 2. The summed E-state index contributed by atoms with van der Waals surface area (Å²) >= 11 is 0. The van der Waals surface area contributed by atoms with Crippen LogP contribution in [0.25, 0.3) is 39.8 Å². The summed E-state index contributed by atoms with van der Waals surface area (Å²) in [6.45, 7) is 5.02. The van der Waals surface area contributed by atoms with E-state index in [1.807, 2.05) is 67.6 Å². The number of aromatic nitrogens is 3. The van der Waals surface area contributed by atoms with E-state index in [0.717, 1.165) is 40.4 Å². The number of hydrogen-bond donors (Lipinski definition) is 0. The van der Waals surface area contributed by atoms with E-state index < -0.39 is 0 Å². The predicted molar refractivity (Wildman–Crippen MR) is 131 cm³/mol. The third-order valence-electron chi connectivity index (χ3n) is 5.56. The Kier molecular flexibility index (Phi) is 6.98. The SMILES string of the molecule is Cc1ccc2nc(-c3[c-]cccc3)n3c2c1C=CC3.Cc1cccc(-c2[c-]cccc2)n1.[Ir]. The van der Waals surface area contributed by atoms with Gasteiger partial charge in [0.25, 0.3) is 0 Å². The quantitative estimate of drug-likeness (QED) is 0.210. The van der Waals surface area contributed by atoms with Crippen molar-refractivity contribution in [2.75, 3.05) is 0 Å². The van der Waals surface area contributed by atoms with Gasteiger partial charge in [0.2, 0.25) is 0 Å². The fourth-order valence-electron chi connectivity index (χ4n) is 4.00. The number of imidazole rings is 1. The molecular weight excluding hydrogens is 583 g/mol.